The molecule has 1 atom stereocenters. The van der Waals surface area contributed by atoms with Crippen LogP contribution in [0, 0.1) is 6.92 Å². The van der Waals surface area contributed by atoms with Crippen LogP contribution < -0.4 is 16.2 Å². The molecular formula is C21H24N6O3. The van der Waals surface area contributed by atoms with Crippen LogP contribution in [0.3, 0.4) is 0 Å². The van der Waals surface area contributed by atoms with E-state index in [4.69, 9.17) is 0 Å². The predicted molar refractivity (Wildman–Crippen MR) is 112 cm³/mol. The Bertz CT molecular complexity index is 1100. The summed E-state index contributed by atoms with van der Waals surface area (Å²) in [6, 6.07) is 8.23. The molecule has 1 aliphatic rings. The molecule has 1 aromatic carbocycles. The van der Waals surface area contributed by atoms with Crippen LogP contribution >= 0.6 is 0 Å². The highest BCUT2D eigenvalue weighted by molar-refractivity contribution is 5.89. The molecule has 0 bridgehead atoms. The number of H-pyrrole nitrogens is 1. The molecule has 156 valence electrons. The van der Waals surface area contributed by atoms with E-state index in [1.807, 2.05) is 16.8 Å². The van der Waals surface area contributed by atoms with Gasteiger partial charge in [-0.15, -0.1) is 0 Å². The van der Waals surface area contributed by atoms with Crippen molar-refractivity contribution in [3.8, 4) is 11.3 Å². The fraction of sp³-hybridized carbons (Fsp3) is 0.333. The third-order valence-electron chi connectivity index (χ3n) is 5.18. The summed E-state index contributed by atoms with van der Waals surface area (Å²) in [5.41, 5.74) is 3.91. The molecule has 0 saturated heterocycles. The maximum atomic E-state index is 12.5. The van der Waals surface area contributed by atoms with E-state index in [2.05, 4.69) is 25.7 Å². The molecular weight excluding hydrogens is 384 g/mol. The first-order valence-corrected chi connectivity index (χ1v) is 9.95. The Hall–Kier alpha value is -3.46. The number of hydrogen-bond donors (Lipinski definition) is 4. The maximum absolute atomic E-state index is 12.5. The molecule has 9 nitrogen and oxygen atoms in total. The number of fused-ring (bicyclic) bond motifs is 1. The van der Waals surface area contributed by atoms with Gasteiger partial charge in [0.05, 0.1) is 31.1 Å². The summed E-state index contributed by atoms with van der Waals surface area (Å²) < 4.78 is 1.81. The van der Waals surface area contributed by atoms with Crippen LogP contribution in [0.2, 0.25) is 0 Å². The molecule has 0 aliphatic heterocycles. The molecule has 9 heteroatoms. The Morgan fingerprint density at radius 3 is 2.87 bits per heavy atom. The van der Waals surface area contributed by atoms with Crippen molar-refractivity contribution in [2.45, 2.75) is 38.8 Å². The third-order valence-corrected chi connectivity index (χ3v) is 5.18. The van der Waals surface area contributed by atoms with Gasteiger partial charge in [-0.3, -0.25) is 9.48 Å². The summed E-state index contributed by atoms with van der Waals surface area (Å²) >= 11 is 0. The molecule has 4 N–H and O–H groups in total. The predicted octanol–water partition coefficient (Wildman–Crippen LogP) is 2.13. The lowest BCUT2D eigenvalue weighted by atomic mass is 9.93. The number of rotatable bonds is 5. The quantitative estimate of drug-likeness (QED) is 0.515. The zero-order valence-electron chi connectivity index (χ0n) is 16.7. The van der Waals surface area contributed by atoms with Crippen LogP contribution in [0.25, 0.3) is 11.3 Å². The number of nitrogens with zero attached hydrogens (tertiary/aromatic N) is 3. The molecule has 2 amide bonds. The Balaban J connectivity index is 1.42. The van der Waals surface area contributed by atoms with Crippen molar-refractivity contribution in [3.05, 3.63) is 64.0 Å². The van der Waals surface area contributed by atoms with E-state index in [0.29, 0.717) is 23.8 Å². The zero-order valence-corrected chi connectivity index (χ0v) is 16.7. The second-order valence-corrected chi connectivity index (χ2v) is 7.33. The van der Waals surface area contributed by atoms with Gasteiger partial charge in [-0.05, 0) is 38.3 Å². The molecule has 0 fully saturated rings. The average molecular weight is 408 g/mol. The van der Waals surface area contributed by atoms with Crippen molar-refractivity contribution < 1.29 is 9.90 Å². The normalized spacial score (nSPS) is 15.5. The lowest BCUT2D eigenvalue weighted by Crippen LogP contribution is -2.34. The van der Waals surface area contributed by atoms with Crippen molar-refractivity contribution in [1.82, 2.24) is 25.1 Å². The highest BCUT2D eigenvalue weighted by Gasteiger charge is 2.25. The Morgan fingerprint density at radius 1 is 1.33 bits per heavy atom. The van der Waals surface area contributed by atoms with Gasteiger partial charge in [0.1, 0.15) is 5.82 Å². The number of nitrogens with one attached hydrogen (secondary N) is 3. The van der Waals surface area contributed by atoms with Gasteiger partial charge in [-0.25, -0.2) is 9.78 Å². The number of carbonyl (C=O) groups excluding carboxylic acids is 1. The van der Waals surface area contributed by atoms with Gasteiger partial charge in [0.15, 0.2) is 0 Å². The number of amides is 2. The minimum atomic E-state index is -0.291. The van der Waals surface area contributed by atoms with E-state index in [0.717, 1.165) is 36.1 Å². The van der Waals surface area contributed by atoms with Crippen LogP contribution in [0.4, 0.5) is 10.5 Å². The standard InChI is InChI=1S/C21H24N6O3/c1-13-23-18(11-20(29)24-13)14-5-7-15(8-6-14)25-21(30)26-17-3-2-4-19-16(17)12-22-27(19)9-10-28/h5-8,11-12,17,28H,2-4,9-10H2,1H3,(H,23,24,29)(H2,25,26,30). The number of aliphatic hydroxyl groups is 1. The van der Waals surface area contributed by atoms with Crippen molar-refractivity contribution in [1.29, 1.82) is 0 Å². The first kappa shape index (κ1) is 19.8. The lowest BCUT2D eigenvalue weighted by molar-refractivity contribution is 0.246. The van der Waals surface area contributed by atoms with Crippen LogP contribution in [0.5, 0.6) is 0 Å². The summed E-state index contributed by atoms with van der Waals surface area (Å²) in [7, 11) is 0. The molecule has 30 heavy (non-hydrogen) atoms. The van der Waals surface area contributed by atoms with Gasteiger partial charge in [-0.1, -0.05) is 12.1 Å². The number of anilines is 1. The molecule has 2 aromatic heterocycles. The van der Waals surface area contributed by atoms with Gasteiger partial charge < -0.3 is 20.7 Å². The molecule has 3 aromatic rings. The molecule has 2 heterocycles. The lowest BCUT2D eigenvalue weighted by Gasteiger charge is -2.24. The highest BCUT2D eigenvalue weighted by atomic mass is 16.3. The minimum absolute atomic E-state index is 0.0369. The Labute approximate surface area is 173 Å². The fourth-order valence-electron chi connectivity index (χ4n) is 3.83. The molecule has 0 spiro atoms. The maximum Gasteiger partial charge on any atom is 0.319 e. The number of aryl methyl sites for hydroxylation is 1. The number of aromatic amines is 1. The number of hydrogen-bond acceptors (Lipinski definition) is 5. The first-order valence-electron chi connectivity index (χ1n) is 9.95. The second-order valence-electron chi connectivity index (χ2n) is 7.33. The van der Waals surface area contributed by atoms with E-state index in [-0.39, 0.29) is 24.2 Å². The van der Waals surface area contributed by atoms with Gasteiger partial charge in [0.2, 0.25) is 0 Å². The molecule has 0 saturated carbocycles. The van der Waals surface area contributed by atoms with Crippen LogP contribution in [0.15, 0.2) is 41.3 Å². The number of aliphatic hydroxyl groups excluding tert-OH is 1. The van der Waals surface area contributed by atoms with Gasteiger partial charge in [0, 0.05) is 28.6 Å². The monoisotopic (exact) mass is 408 g/mol. The molecule has 1 aliphatic carbocycles. The Morgan fingerprint density at radius 2 is 2.13 bits per heavy atom. The van der Waals surface area contributed by atoms with E-state index in [1.165, 1.54) is 6.07 Å². The van der Waals surface area contributed by atoms with Crippen molar-refractivity contribution in [3.63, 3.8) is 0 Å². The topological polar surface area (TPSA) is 125 Å². The highest BCUT2D eigenvalue weighted by Crippen LogP contribution is 2.29. The summed E-state index contributed by atoms with van der Waals surface area (Å²) in [5, 5.41) is 19.4. The smallest absolute Gasteiger partial charge is 0.319 e. The molecule has 1 unspecified atom stereocenters. The van der Waals surface area contributed by atoms with Crippen LogP contribution in [-0.2, 0) is 13.0 Å². The van der Waals surface area contributed by atoms with Gasteiger partial charge in [-0.2, -0.15) is 5.10 Å². The van der Waals surface area contributed by atoms with Crippen molar-refractivity contribution in [2.24, 2.45) is 0 Å². The van der Waals surface area contributed by atoms with E-state index in [1.54, 1.807) is 25.3 Å². The van der Waals surface area contributed by atoms with Crippen LogP contribution in [-0.4, -0.2) is 37.5 Å². The van der Waals surface area contributed by atoms with Crippen molar-refractivity contribution in [2.75, 3.05) is 11.9 Å². The Kier molecular flexibility index (Phi) is 5.62. The first-order chi connectivity index (χ1) is 14.5. The number of carbonyl (C=O) groups is 1. The fourth-order valence-corrected chi connectivity index (χ4v) is 3.83. The summed E-state index contributed by atoms with van der Waals surface area (Å²) in [5.74, 6) is 0.549. The summed E-state index contributed by atoms with van der Waals surface area (Å²) in [6.45, 7) is 2.23. The number of aromatic nitrogens is 4. The molecule has 4 rings (SSSR count). The van der Waals surface area contributed by atoms with Crippen LogP contribution in [0.1, 0.15) is 36.0 Å². The SMILES string of the molecule is Cc1nc(-c2ccc(NC(=O)NC3CCCc4c3cnn4CCO)cc2)cc(=O)[nH]1. The number of benzene rings is 1. The van der Waals surface area contributed by atoms with Gasteiger partial charge >= 0.3 is 6.03 Å². The van der Waals surface area contributed by atoms with Gasteiger partial charge in [0.25, 0.3) is 5.56 Å². The zero-order chi connectivity index (χ0) is 21.1. The summed E-state index contributed by atoms with van der Waals surface area (Å²) in [6.07, 6.45) is 4.47. The molecule has 0 radical (unpaired) electrons. The van der Waals surface area contributed by atoms with E-state index in [9.17, 15) is 14.7 Å². The minimum Gasteiger partial charge on any atom is -0.394 e. The average Bonchev–Trinajstić information content (AvgIpc) is 3.12. The van der Waals surface area contributed by atoms with E-state index < -0.39 is 0 Å². The largest absolute Gasteiger partial charge is 0.394 e. The third kappa shape index (κ3) is 4.25. The van der Waals surface area contributed by atoms with E-state index >= 15 is 0 Å². The number of urea groups is 1. The second kappa shape index (κ2) is 8.50. The van der Waals surface area contributed by atoms with Crippen molar-refractivity contribution >= 4 is 11.7 Å². The summed E-state index contributed by atoms with van der Waals surface area (Å²) in [4.78, 5) is 31.1.